The van der Waals surface area contributed by atoms with E-state index in [2.05, 4.69) is 30.9 Å². The van der Waals surface area contributed by atoms with E-state index in [1.165, 1.54) is 5.56 Å². The van der Waals surface area contributed by atoms with Crippen molar-refractivity contribution in [2.45, 2.75) is 39.3 Å². The monoisotopic (exact) mass is 289 g/mol. The van der Waals surface area contributed by atoms with Crippen molar-refractivity contribution >= 4 is 5.97 Å². The van der Waals surface area contributed by atoms with Crippen molar-refractivity contribution in [1.29, 1.82) is 0 Å². The Labute approximate surface area is 126 Å². The molecule has 0 fully saturated rings. The molecule has 0 spiro atoms. The van der Waals surface area contributed by atoms with Gasteiger partial charge in [0.05, 0.1) is 18.7 Å². The molecule has 114 valence electrons. The Bertz CT molecular complexity index is 524. The summed E-state index contributed by atoms with van der Waals surface area (Å²) in [5.41, 5.74) is 1.62. The molecule has 1 N–H and O–H groups in total. The quantitative estimate of drug-likeness (QED) is 0.865. The minimum atomic E-state index is -0.395. The van der Waals surface area contributed by atoms with Crippen LogP contribution >= 0.6 is 0 Å². The highest BCUT2D eigenvalue weighted by atomic mass is 16.5. The van der Waals surface area contributed by atoms with Gasteiger partial charge in [-0.05, 0) is 32.8 Å². The van der Waals surface area contributed by atoms with Crippen LogP contribution in [-0.2, 0) is 9.53 Å². The molecule has 0 bridgehead atoms. The molecule has 1 aliphatic heterocycles. The van der Waals surface area contributed by atoms with Gasteiger partial charge in [-0.1, -0.05) is 30.3 Å². The SMILES string of the molecule is CCOC(=O)C1=C(O)CN(C(C)c2ccccc2)C(C)C1. The molecule has 0 aromatic heterocycles. The number of aliphatic hydroxyl groups is 1. The average molecular weight is 289 g/mol. The van der Waals surface area contributed by atoms with Crippen LogP contribution in [-0.4, -0.2) is 35.2 Å². The highest BCUT2D eigenvalue weighted by Crippen LogP contribution is 2.30. The number of benzene rings is 1. The summed E-state index contributed by atoms with van der Waals surface area (Å²) in [7, 11) is 0. The Kier molecular flexibility index (Phi) is 5.02. The molecule has 1 aliphatic rings. The summed E-state index contributed by atoms with van der Waals surface area (Å²) < 4.78 is 5.01. The fourth-order valence-corrected chi connectivity index (χ4v) is 2.82. The maximum atomic E-state index is 11.8. The van der Waals surface area contributed by atoms with E-state index in [1.807, 2.05) is 18.2 Å². The molecule has 0 radical (unpaired) electrons. The Morgan fingerprint density at radius 1 is 1.43 bits per heavy atom. The van der Waals surface area contributed by atoms with Crippen LogP contribution in [0.15, 0.2) is 41.7 Å². The van der Waals surface area contributed by atoms with Crippen LogP contribution in [0.25, 0.3) is 0 Å². The van der Waals surface area contributed by atoms with Crippen LogP contribution in [0.1, 0.15) is 38.8 Å². The lowest BCUT2D eigenvalue weighted by molar-refractivity contribution is -0.139. The van der Waals surface area contributed by atoms with Crippen molar-refractivity contribution in [3.05, 3.63) is 47.2 Å². The van der Waals surface area contributed by atoms with E-state index in [9.17, 15) is 9.90 Å². The van der Waals surface area contributed by atoms with Crippen LogP contribution in [0, 0.1) is 0 Å². The van der Waals surface area contributed by atoms with Gasteiger partial charge in [-0.2, -0.15) is 0 Å². The largest absolute Gasteiger partial charge is 0.510 e. The van der Waals surface area contributed by atoms with Gasteiger partial charge in [-0.25, -0.2) is 4.79 Å². The molecule has 0 saturated carbocycles. The highest BCUT2D eigenvalue weighted by Gasteiger charge is 2.32. The minimum absolute atomic E-state index is 0.134. The normalized spacial score (nSPS) is 21.2. The lowest BCUT2D eigenvalue weighted by Gasteiger charge is -2.38. The first-order chi connectivity index (χ1) is 10.0. The second-order valence-corrected chi connectivity index (χ2v) is 5.46. The summed E-state index contributed by atoms with van der Waals surface area (Å²) in [5.74, 6) is -0.261. The fraction of sp³-hybridized carbons (Fsp3) is 0.471. The molecule has 4 heteroatoms. The van der Waals surface area contributed by atoms with Gasteiger partial charge in [-0.15, -0.1) is 0 Å². The summed E-state index contributed by atoms with van der Waals surface area (Å²) in [5, 5.41) is 10.2. The Morgan fingerprint density at radius 2 is 2.10 bits per heavy atom. The number of nitrogens with zero attached hydrogens (tertiary/aromatic N) is 1. The van der Waals surface area contributed by atoms with Crippen LogP contribution in [0.3, 0.4) is 0 Å². The molecule has 4 nitrogen and oxygen atoms in total. The van der Waals surface area contributed by atoms with Crippen LogP contribution in [0.4, 0.5) is 0 Å². The summed E-state index contributed by atoms with van der Waals surface area (Å²) in [4.78, 5) is 14.0. The smallest absolute Gasteiger partial charge is 0.337 e. The zero-order valence-electron chi connectivity index (χ0n) is 12.9. The molecule has 2 unspecified atom stereocenters. The van der Waals surface area contributed by atoms with Crippen molar-refractivity contribution in [2.75, 3.05) is 13.2 Å². The number of aliphatic hydroxyl groups excluding tert-OH is 1. The third-order valence-corrected chi connectivity index (χ3v) is 4.05. The second-order valence-electron chi connectivity index (χ2n) is 5.46. The lowest BCUT2D eigenvalue weighted by Crippen LogP contribution is -2.41. The number of rotatable bonds is 4. The molecule has 0 saturated heterocycles. The van der Waals surface area contributed by atoms with Crippen molar-refractivity contribution in [3.8, 4) is 0 Å². The lowest BCUT2D eigenvalue weighted by atomic mass is 9.96. The van der Waals surface area contributed by atoms with Gasteiger partial charge in [0.25, 0.3) is 0 Å². The van der Waals surface area contributed by atoms with Gasteiger partial charge >= 0.3 is 5.97 Å². The zero-order chi connectivity index (χ0) is 15.4. The van der Waals surface area contributed by atoms with E-state index in [-0.39, 0.29) is 17.8 Å². The minimum Gasteiger partial charge on any atom is -0.510 e. The first-order valence-corrected chi connectivity index (χ1v) is 7.43. The molecule has 1 aromatic carbocycles. The second kappa shape index (κ2) is 6.76. The van der Waals surface area contributed by atoms with E-state index in [4.69, 9.17) is 4.74 Å². The number of hydrogen-bond acceptors (Lipinski definition) is 4. The van der Waals surface area contributed by atoms with Crippen LogP contribution in [0.2, 0.25) is 0 Å². The molecule has 1 aromatic rings. The predicted octanol–water partition coefficient (Wildman–Crippen LogP) is 3.22. The summed E-state index contributed by atoms with van der Waals surface area (Å²) in [6.07, 6.45) is 0.516. The van der Waals surface area contributed by atoms with Gasteiger partial charge in [-0.3, -0.25) is 4.90 Å². The standard InChI is InChI=1S/C17H23NO3/c1-4-21-17(20)15-10-12(2)18(11-16(15)19)13(3)14-8-6-5-7-9-14/h5-9,12-13,19H,4,10-11H2,1-3H3. The molecule has 0 aliphatic carbocycles. The van der Waals surface area contributed by atoms with E-state index < -0.39 is 5.97 Å². The number of esters is 1. The Morgan fingerprint density at radius 3 is 2.71 bits per heavy atom. The van der Waals surface area contributed by atoms with Gasteiger partial charge in [0.2, 0.25) is 0 Å². The number of carbonyl (C=O) groups is 1. The Hall–Kier alpha value is -1.81. The van der Waals surface area contributed by atoms with Gasteiger partial charge in [0.15, 0.2) is 0 Å². The fourth-order valence-electron chi connectivity index (χ4n) is 2.82. The van der Waals surface area contributed by atoms with E-state index in [0.717, 1.165) is 0 Å². The van der Waals surface area contributed by atoms with E-state index in [1.54, 1.807) is 6.92 Å². The molecule has 0 amide bonds. The van der Waals surface area contributed by atoms with Crippen LogP contribution in [0.5, 0.6) is 0 Å². The first kappa shape index (κ1) is 15.6. The van der Waals surface area contributed by atoms with Crippen molar-refractivity contribution < 1.29 is 14.6 Å². The van der Waals surface area contributed by atoms with Gasteiger partial charge in [0, 0.05) is 12.1 Å². The number of carbonyl (C=O) groups excluding carboxylic acids is 1. The van der Waals surface area contributed by atoms with Gasteiger partial charge < -0.3 is 9.84 Å². The van der Waals surface area contributed by atoms with Gasteiger partial charge in [0.1, 0.15) is 5.76 Å². The molecular weight excluding hydrogens is 266 g/mol. The first-order valence-electron chi connectivity index (χ1n) is 7.43. The van der Waals surface area contributed by atoms with Crippen molar-refractivity contribution in [2.24, 2.45) is 0 Å². The van der Waals surface area contributed by atoms with Crippen molar-refractivity contribution in [1.82, 2.24) is 4.90 Å². The molecule has 21 heavy (non-hydrogen) atoms. The van der Waals surface area contributed by atoms with E-state index in [0.29, 0.717) is 25.1 Å². The van der Waals surface area contributed by atoms with Crippen LogP contribution < -0.4 is 0 Å². The van der Waals surface area contributed by atoms with E-state index >= 15 is 0 Å². The third-order valence-electron chi connectivity index (χ3n) is 4.05. The third kappa shape index (κ3) is 3.45. The summed E-state index contributed by atoms with van der Waals surface area (Å²) in [6.45, 7) is 6.67. The topological polar surface area (TPSA) is 49.8 Å². The molecule has 2 rings (SSSR count). The highest BCUT2D eigenvalue weighted by molar-refractivity contribution is 5.89. The maximum Gasteiger partial charge on any atom is 0.337 e. The maximum absolute atomic E-state index is 11.8. The molecular formula is C17H23NO3. The number of ether oxygens (including phenoxy) is 1. The number of hydrogen-bond donors (Lipinski definition) is 1. The predicted molar refractivity (Wildman–Crippen MR) is 81.9 cm³/mol. The molecule has 2 atom stereocenters. The molecule has 1 heterocycles. The zero-order valence-corrected chi connectivity index (χ0v) is 12.9. The summed E-state index contributed by atoms with van der Waals surface area (Å²) in [6, 6.07) is 10.5. The Balaban J connectivity index is 2.17. The average Bonchev–Trinajstić information content (AvgIpc) is 2.49. The summed E-state index contributed by atoms with van der Waals surface area (Å²) >= 11 is 0. The van der Waals surface area contributed by atoms with Crippen molar-refractivity contribution in [3.63, 3.8) is 0 Å².